The molecule has 0 spiro atoms. The first-order chi connectivity index (χ1) is 9.90. The highest BCUT2D eigenvalue weighted by molar-refractivity contribution is 6.04. The molecule has 0 aliphatic carbocycles. The van der Waals surface area contributed by atoms with Gasteiger partial charge in [0.05, 0.1) is 5.69 Å². The summed E-state index contributed by atoms with van der Waals surface area (Å²) in [4.78, 5) is 26.2. The first kappa shape index (κ1) is 15.5. The van der Waals surface area contributed by atoms with Crippen LogP contribution in [0.15, 0.2) is 18.2 Å². The van der Waals surface area contributed by atoms with Gasteiger partial charge in [-0.3, -0.25) is 9.59 Å². The highest BCUT2D eigenvalue weighted by atomic mass is 16.5. The van der Waals surface area contributed by atoms with Gasteiger partial charge in [-0.05, 0) is 46.0 Å². The highest BCUT2D eigenvalue weighted by Gasteiger charge is 2.40. The van der Waals surface area contributed by atoms with Crippen molar-refractivity contribution in [2.45, 2.75) is 32.8 Å². The summed E-state index contributed by atoms with van der Waals surface area (Å²) in [6, 6.07) is 5.29. The van der Waals surface area contributed by atoms with E-state index in [0.717, 1.165) is 0 Å². The van der Waals surface area contributed by atoms with Crippen LogP contribution in [0.2, 0.25) is 0 Å². The van der Waals surface area contributed by atoms with Crippen molar-refractivity contribution in [1.29, 1.82) is 0 Å². The van der Waals surface area contributed by atoms with Crippen LogP contribution in [0.3, 0.4) is 0 Å². The zero-order chi connectivity index (χ0) is 15.6. The Balaban J connectivity index is 2.37. The van der Waals surface area contributed by atoms with Crippen molar-refractivity contribution >= 4 is 17.4 Å². The largest absolute Gasteiger partial charge is 0.476 e. The number of ketones is 1. The Morgan fingerprint density at radius 1 is 1.38 bits per heavy atom. The van der Waals surface area contributed by atoms with Gasteiger partial charge in [-0.25, -0.2) is 0 Å². The van der Waals surface area contributed by atoms with E-state index in [1.165, 1.54) is 0 Å². The van der Waals surface area contributed by atoms with E-state index in [1.807, 2.05) is 14.0 Å². The number of likely N-dealkylation sites (N-methyl/N-ethyl adjacent to an activating group) is 1. The molecular formula is C16H22N2O3. The minimum absolute atomic E-state index is 0.0560. The second kappa shape index (κ2) is 5.85. The second-order valence-corrected chi connectivity index (χ2v) is 5.62. The van der Waals surface area contributed by atoms with Crippen LogP contribution in [-0.4, -0.2) is 37.4 Å². The molecule has 0 saturated carbocycles. The Labute approximate surface area is 125 Å². The third-order valence-corrected chi connectivity index (χ3v) is 3.62. The maximum atomic E-state index is 12.4. The molecule has 1 aromatic rings. The van der Waals surface area contributed by atoms with Gasteiger partial charge in [0.25, 0.3) is 5.91 Å². The maximum absolute atomic E-state index is 12.4. The molecule has 0 aromatic heterocycles. The molecule has 1 heterocycles. The SMILES string of the molecule is CCN1C(=O)C(C)(C)Oc2ccc(C(=O)CCNC)cc21. The number of carbonyl (C=O) groups excluding carboxylic acids is 2. The summed E-state index contributed by atoms with van der Waals surface area (Å²) in [7, 11) is 1.81. The molecular weight excluding hydrogens is 268 g/mol. The van der Waals surface area contributed by atoms with Gasteiger partial charge in [0.1, 0.15) is 5.75 Å². The minimum Gasteiger partial charge on any atom is -0.476 e. The van der Waals surface area contributed by atoms with Crippen molar-refractivity contribution in [3.8, 4) is 5.75 Å². The predicted molar refractivity (Wildman–Crippen MR) is 82.1 cm³/mol. The van der Waals surface area contributed by atoms with Crippen molar-refractivity contribution in [1.82, 2.24) is 5.32 Å². The molecule has 1 amide bonds. The van der Waals surface area contributed by atoms with Gasteiger partial charge in [0, 0.05) is 25.1 Å². The molecule has 0 saturated heterocycles. The molecule has 1 N–H and O–H groups in total. The molecule has 0 fully saturated rings. The fourth-order valence-corrected chi connectivity index (χ4v) is 2.44. The molecule has 1 aliphatic rings. The van der Waals surface area contributed by atoms with E-state index >= 15 is 0 Å². The van der Waals surface area contributed by atoms with Gasteiger partial charge in [0.2, 0.25) is 0 Å². The highest BCUT2D eigenvalue weighted by Crippen LogP contribution is 2.38. The van der Waals surface area contributed by atoms with Gasteiger partial charge < -0.3 is 15.0 Å². The van der Waals surface area contributed by atoms with E-state index in [0.29, 0.717) is 36.5 Å². The lowest BCUT2D eigenvalue weighted by Crippen LogP contribution is -2.52. The molecule has 2 rings (SSSR count). The van der Waals surface area contributed by atoms with E-state index in [-0.39, 0.29) is 11.7 Å². The summed E-state index contributed by atoms with van der Waals surface area (Å²) in [6.07, 6.45) is 0.432. The molecule has 1 aliphatic heterocycles. The number of rotatable bonds is 5. The number of carbonyl (C=O) groups is 2. The molecule has 0 bridgehead atoms. The number of nitrogens with one attached hydrogen (secondary N) is 1. The predicted octanol–water partition coefficient (Wildman–Crippen LogP) is 2.00. The monoisotopic (exact) mass is 290 g/mol. The molecule has 1 aromatic carbocycles. The summed E-state index contributed by atoms with van der Waals surface area (Å²) < 4.78 is 5.76. The van der Waals surface area contributed by atoms with E-state index in [2.05, 4.69) is 5.32 Å². The van der Waals surface area contributed by atoms with Crippen LogP contribution >= 0.6 is 0 Å². The van der Waals surface area contributed by atoms with Crippen LogP contribution < -0.4 is 15.0 Å². The Bertz CT molecular complexity index is 567. The van der Waals surface area contributed by atoms with E-state index in [4.69, 9.17) is 4.74 Å². The van der Waals surface area contributed by atoms with Gasteiger partial charge in [-0.1, -0.05) is 0 Å². The summed E-state index contributed by atoms with van der Waals surface area (Å²) in [5.41, 5.74) is 0.413. The second-order valence-electron chi connectivity index (χ2n) is 5.62. The van der Waals surface area contributed by atoms with Gasteiger partial charge >= 0.3 is 0 Å². The average molecular weight is 290 g/mol. The fraction of sp³-hybridized carbons (Fsp3) is 0.500. The van der Waals surface area contributed by atoms with Crippen molar-refractivity contribution < 1.29 is 14.3 Å². The Morgan fingerprint density at radius 3 is 2.71 bits per heavy atom. The molecule has 21 heavy (non-hydrogen) atoms. The topological polar surface area (TPSA) is 58.6 Å². The first-order valence-electron chi connectivity index (χ1n) is 7.23. The third kappa shape index (κ3) is 2.93. The lowest BCUT2D eigenvalue weighted by Gasteiger charge is -2.38. The van der Waals surface area contributed by atoms with Crippen molar-refractivity contribution in [3.63, 3.8) is 0 Å². The number of amides is 1. The summed E-state index contributed by atoms with van der Waals surface area (Å²) in [5, 5.41) is 2.96. The van der Waals surface area contributed by atoms with Gasteiger partial charge in [-0.15, -0.1) is 0 Å². The zero-order valence-corrected chi connectivity index (χ0v) is 13.0. The zero-order valence-electron chi connectivity index (χ0n) is 13.0. The number of hydrogen-bond acceptors (Lipinski definition) is 4. The molecule has 0 atom stereocenters. The lowest BCUT2D eigenvalue weighted by atomic mass is 10.0. The minimum atomic E-state index is -0.874. The molecule has 0 unspecified atom stereocenters. The summed E-state index contributed by atoms with van der Waals surface area (Å²) >= 11 is 0. The molecule has 0 radical (unpaired) electrons. The van der Waals surface area contributed by atoms with E-state index in [9.17, 15) is 9.59 Å². The molecule has 114 valence electrons. The third-order valence-electron chi connectivity index (χ3n) is 3.62. The van der Waals surface area contributed by atoms with E-state index < -0.39 is 5.60 Å². The van der Waals surface area contributed by atoms with Crippen LogP contribution in [-0.2, 0) is 4.79 Å². The molecule has 5 nitrogen and oxygen atoms in total. The number of hydrogen-bond donors (Lipinski definition) is 1. The summed E-state index contributed by atoms with van der Waals surface area (Å²) in [5.74, 6) is 0.615. The van der Waals surface area contributed by atoms with Crippen LogP contribution in [0, 0.1) is 0 Å². The number of benzene rings is 1. The first-order valence-corrected chi connectivity index (χ1v) is 7.23. The van der Waals surface area contributed by atoms with Crippen molar-refractivity contribution in [3.05, 3.63) is 23.8 Å². The number of Topliss-reactive ketones (excluding diaryl/α,β-unsaturated/α-hetero) is 1. The van der Waals surface area contributed by atoms with Crippen LogP contribution in [0.4, 0.5) is 5.69 Å². The van der Waals surface area contributed by atoms with Gasteiger partial charge in [-0.2, -0.15) is 0 Å². The number of ether oxygens (including phenoxy) is 1. The van der Waals surface area contributed by atoms with E-state index in [1.54, 1.807) is 36.9 Å². The Kier molecular flexibility index (Phi) is 4.32. The Hall–Kier alpha value is -1.88. The van der Waals surface area contributed by atoms with Gasteiger partial charge in [0.15, 0.2) is 11.4 Å². The van der Waals surface area contributed by atoms with Crippen LogP contribution in [0.1, 0.15) is 37.6 Å². The maximum Gasteiger partial charge on any atom is 0.270 e. The van der Waals surface area contributed by atoms with Crippen LogP contribution in [0.5, 0.6) is 5.75 Å². The van der Waals surface area contributed by atoms with Crippen LogP contribution in [0.25, 0.3) is 0 Å². The normalized spacial score (nSPS) is 16.4. The number of nitrogens with zero attached hydrogens (tertiary/aromatic N) is 1. The smallest absolute Gasteiger partial charge is 0.270 e. The average Bonchev–Trinajstić information content (AvgIpc) is 2.45. The number of fused-ring (bicyclic) bond motifs is 1. The molecule has 5 heteroatoms. The standard InChI is InChI=1S/C16H22N2O3/c1-5-18-12-10-11(13(19)8-9-17-4)6-7-14(12)21-16(2,3)15(18)20/h6-7,10,17H,5,8-9H2,1-4H3. The summed E-state index contributed by atoms with van der Waals surface area (Å²) in [6.45, 7) is 6.61. The quantitative estimate of drug-likeness (QED) is 0.843. The van der Waals surface area contributed by atoms with Crippen molar-refractivity contribution in [2.75, 3.05) is 25.0 Å². The van der Waals surface area contributed by atoms with Crippen molar-refractivity contribution in [2.24, 2.45) is 0 Å². The lowest BCUT2D eigenvalue weighted by molar-refractivity contribution is -0.132. The fourth-order valence-electron chi connectivity index (χ4n) is 2.44. The Morgan fingerprint density at radius 2 is 2.10 bits per heavy atom. The number of anilines is 1.